The number of hydrogen-bond acceptors (Lipinski definition) is 5. The highest BCUT2D eigenvalue weighted by atomic mass is 16.7. The molecule has 2 aromatic carbocycles. The summed E-state index contributed by atoms with van der Waals surface area (Å²) in [6.07, 6.45) is -0.844. The second kappa shape index (κ2) is 9.61. The first-order chi connectivity index (χ1) is 13.4. The van der Waals surface area contributed by atoms with Gasteiger partial charge in [0.1, 0.15) is 6.10 Å². The number of carboxylic acids is 1. The molecule has 148 valence electrons. The molecule has 2 aromatic rings. The maximum absolute atomic E-state index is 13.0. The van der Waals surface area contributed by atoms with Gasteiger partial charge in [0.15, 0.2) is 6.04 Å². The van der Waals surface area contributed by atoms with Gasteiger partial charge in [0.05, 0.1) is 0 Å². The Morgan fingerprint density at radius 1 is 1.11 bits per heavy atom. The number of aliphatic carboxylic acids is 1. The molecule has 2 unspecified atom stereocenters. The minimum absolute atomic E-state index is 0.171. The average molecular weight is 386 g/mol. The monoisotopic (exact) mass is 386 g/mol. The Morgan fingerprint density at radius 3 is 2.11 bits per heavy atom. The van der Waals surface area contributed by atoms with Crippen molar-refractivity contribution in [2.24, 2.45) is 0 Å². The number of carbonyl (C=O) groups excluding carboxylic acids is 1. The molecule has 0 heterocycles. The van der Waals surface area contributed by atoms with Crippen molar-refractivity contribution >= 4 is 11.9 Å². The number of carboxylic acid groups (broad SMARTS) is 1. The quantitative estimate of drug-likeness (QED) is 0.523. The first-order valence-electron chi connectivity index (χ1n) is 8.83. The van der Waals surface area contributed by atoms with Crippen LogP contribution >= 0.6 is 0 Å². The fourth-order valence-corrected chi connectivity index (χ4v) is 2.85. The van der Waals surface area contributed by atoms with Crippen molar-refractivity contribution < 1.29 is 24.5 Å². The lowest BCUT2D eigenvalue weighted by Crippen LogP contribution is -2.45. The van der Waals surface area contributed by atoms with Gasteiger partial charge in [-0.1, -0.05) is 55.5 Å². The predicted octanol–water partition coefficient (Wildman–Crippen LogP) is 3.33. The zero-order valence-electron chi connectivity index (χ0n) is 15.6. The van der Waals surface area contributed by atoms with Gasteiger partial charge < -0.3 is 5.11 Å². The molecule has 0 spiro atoms. The van der Waals surface area contributed by atoms with Crippen molar-refractivity contribution in [1.82, 2.24) is 5.06 Å². The number of rotatable bonds is 9. The van der Waals surface area contributed by atoms with Crippen molar-refractivity contribution in [3.05, 3.63) is 81.9 Å². The maximum Gasteiger partial charge on any atom is 0.333 e. The van der Waals surface area contributed by atoms with E-state index in [9.17, 15) is 24.8 Å². The van der Waals surface area contributed by atoms with Crippen LogP contribution in [0.4, 0.5) is 0 Å². The molecule has 8 nitrogen and oxygen atoms in total. The summed E-state index contributed by atoms with van der Waals surface area (Å²) in [6.45, 7) is 3.08. The van der Waals surface area contributed by atoms with Crippen molar-refractivity contribution in [3.8, 4) is 0 Å². The van der Waals surface area contributed by atoms with Crippen LogP contribution in [0.5, 0.6) is 0 Å². The van der Waals surface area contributed by atoms with Crippen LogP contribution < -0.4 is 0 Å². The fraction of sp³-hybridized carbons (Fsp3) is 0.300. The number of hydroxylamine groups is 2. The second-order valence-corrected chi connectivity index (χ2v) is 6.22. The molecule has 1 N–H and O–H groups in total. The zero-order chi connectivity index (χ0) is 20.7. The van der Waals surface area contributed by atoms with Gasteiger partial charge in [-0.2, -0.15) is 5.06 Å². The van der Waals surface area contributed by atoms with Crippen LogP contribution in [-0.4, -0.2) is 39.1 Å². The summed E-state index contributed by atoms with van der Waals surface area (Å²) in [6, 6.07) is 13.6. The van der Waals surface area contributed by atoms with Crippen LogP contribution in [0, 0.1) is 10.1 Å². The molecule has 0 aliphatic heterocycles. The van der Waals surface area contributed by atoms with Gasteiger partial charge in [-0.05, 0) is 24.6 Å². The molecule has 1 amide bonds. The third kappa shape index (κ3) is 4.92. The van der Waals surface area contributed by atoms with E-state index >= 15 is 0 Å². The molecule has 3 atom stereocenters. The molecule has 0 saturated carbocycles. The number of amides is 1. The Kier molecular flexibility index (Phi) is 7.22. The molecule has 8 heteroatoms. The standard InChI is InChI=1S/C20H22N2O6/c1-3-17(22(26)27)14(2)28-21(19(23)16-12-8-5-9-13-16)18(20(24)25)15-10-6-4-7-11-15/h4-14,17-18H,3H2,1-2H3,(H,24,25)/t14?,17?,18-/m0/s1. The van der Waals surface area contributed by atoms with E-state index in [0.29, 0.717) is 5.56 Å². The van der Waals surface area contributed by atoms with Gasteiger partial charge in [0.2, 0.25) is 6.04 Å². The summed E-state index contributed by atoms with van der Waals surface area (Å²) in [4.78, 5) is 41.5. The molecule has 2 rings (SSSR count). The Labute approximate surface area is 162 Å². The molecular weight excluding hydrogens is 364 g/mol. The Hall–Kier alpha value is -3.26. The second-order valence-electron chi connectivity index (χ2n) is 6.22. The lowest BCUT2D eigenvalue weighted by atomic mass is 10.1. The van der Waals surface area contributed by atoms with Crippen molar-refractivity contribution in [2.45, 2.75) is 38.5 Å². The number of carbonyl (C=O) groups is 2. The minimum Gasteiger partial charge on any atom is -0.479 e. The van der Waals surface area contributed by atoms with E-state index in [4.69, 9.17) is 4.84 Å². The average Bonchev–Trinajstić information content (AvgIpc) is 2.68. The van der Waals surface area contributed by atoms with Crippen LogP contribution in [0.2, 0.25) is 0 Å². The highest BCUT2D eigenvalue weighted by Crippen LogP contribution is 2.26. The van der Waals surface area contributed by atoms with Gasteiger partial charge in [-0.3, -0.25) is 19.7 Å². The molecule has 0 fully saturated rings. The van der Waals surface area contributed by atoms with Crippen LogP contribution in [0.1, 0.15) is 42.2 Å². The molecule has 0 aromatic heterocycles. The van der Waals surface area contributed by atoms with E-state index in [-0.39, 0.29) is 12.0 Å². The summed E-state index contributed by atoms with van der Waals surface area (Å²) in [5.74, 6) is -2.00. The van der Waals surface area contributed by atoms with Gasteiger partial charge >= 0.3 is 5.97 Å². The van der Waals surface area contributed by atoms with Crippen LogP contribution in [0.3, 0.4) is 0 Å². The Bertz CT molecular complexity index is 812. The Balaban J connectivity index is 2.46. The Morgan fingerprint density at radius 2 is 1.64 bits per heavy atom. The molecule has 0 aliphatic rings. The lowest BCUT2D eigenvalue weighted by Gasteiger charge is -2.31. The third-order valence-electron chi connectivity index (χ3n) is 4.32. The summed E-state index contributed by atoms with van der Waals surface area (Å²) < 4.78 is 0. The maximum atomic E-state index is 13.0. The van der Waals surface area contributed by atoms with Gasteiger partial charge in [0.25, 0.3) is 5.91 Å². The molecule has 0 aliphatic carbocycles. The fourth-order valence-electron chi connectivity index (χ4n) is 2.85. The van der Waals surface area contributed by atoms with Crippen molar-refractivity contribution in [2.75, 3.05) is 0 Å². The number of benzene rings is 2. The normalized spacial score (nSPS) is 13.9. The summed E-state index contributed by atoms with van der Waals surface area (Å²) in [5.41, 5.74) is 0.534. The summed E-state index contributed by atoms with van der Waals surface area (Å²) in [5, 5.41) is 21.8. The topological polar surface area (TPSA) is 110 Å². The van der Waals surface area contributed by atoms with Crippen LogP contribution in [0.25, 0.3) is 0 Å². The van der Waals surface area contributed by atoms with E-state index in [2.05, 4.69) is 0 Å². The van der Waals surface area contributed by atoms with Crippen molar-refractivity contribution in [1.29, 1.82) is 0 Å². The number of hydrogen-bond donors (Lipinski definition) is 1. The first-order valence-corrected chi connectivity index (χ1v) is 8.83. The summed E-state index contributed by atoms with van der Waals surface area (Å²) in [7, 11) is 0. The van der Waals surface area contributed by atoms with Crippen LogP contribution in [0.15, 0.2) is 60.7 Å². The minimum atomic E-state index is -1.46. The van der Waals surface area contributed by atoms with Gasteiger partial charge in [-0.15, -0.1) is 0 Å². The van der Waals surface area contributed by atoms with E-state index in [0.717, 1.165) is 5.06 Å². The van der Waals surface area contributed by atoms with Crippen molar-refractivity contribution in [3.63, 3.8) is 0 Å². The predicted molar refractivity (Wildman–Crippen MR) is 101 cm³/mol. The van der Waals surface area contributed by atoms with Crippen LogP contribution in [-0.2, 0) is 9.63 Å². The molecule has 28 heavy (non-hydrogen) atoms. The highest BCUT2D eigenvalue weighted by Gasteiger charge is 2.38. The number of nitro groups is 1. The largest absolute Gasteiger partial charge is 0.479 e. The molecule has 0 bridgehead atoms. The number of nitrogens with zero attached hydrogens (tertiary/aromatic N) is 2. The first kappa shape index (κ1) is 21.0. The smallest absolute Gasteiger partial charge is 0.333 e. The van der Waals surface area contributed by atoms with Gasteiger partial charge in [-0.25, -0.2) is 4.79 Å². The van der Waals surface area contributed by atoms with E-state index in [1.54, 1.807) is 55.5 Å². The van der Waals surface area contributed by atoms with E-state index in [1.165, 1.54) is 19.1 Å². The third-order valence-corrected chi connectivity index (χ3v) is 4.32. The highest BCUT2D eigenvalue weighted by molar-refractivity contribution is 5.96. The van der Waals surface area contributed by atoms with E-state index in [1.807, 2.05) is 0 Å². The SMILES string of the molecule is CCC(C(C)ON(C(=O)c1ccccc1)[C@H](C(=O)O)c1ccccc1)[N+](=O)[O-]. The zero-order valence-corrected chi connectivity index (χ0v) is 15.6. The molecule has 0 radical (unpaired) electrons. The molecular formula is C20H22N2O6. The van der Waals surface area contributed by atoms with E-state index < -0.39 is 35.0 Å². The lowest BCUT2D eigenvalue weighted by molar-refractivity contribution is -0.539. The van der Waals surface area contributed by atoms with Gasteiger partial charge in [0, 0.05) is 16.9 Å². The molecule has 0 saturated heterocycles. The summed E-state index contributed by atoms with van der Waals surface area (Å²) >= 11 is 0.